The van der Waals surface area contributed by atoms with Crippen molar-refractivity contribution in [2.75, 3.05) is 19.0 Å². The molecule has 0 radical (unpaired) electrons. The molecule has 1 aromatic rings. The van der Waals surface area contributed by atoms with Gasteiger partial charge in [0.2, 0.25) is 0 Å². The second-order valence-electron chi connectivity index (χ2n) is 15.0. The lowest BCUT2D eigenvalue weighted by Gasteiger charge is -2.58. The Hall–Kier alpha value is -1.62. The van der Waals surface area contributed by atoms with Gasteiger partial charge >= 0.3 is 0 Å². The summed E-state index contributed by atoms with van der Waals surface area (Å²) in [4.78, 5) is 0. The molecule has 1 saturated heterocycles. The number of hydrogen-bond donors (Lipinski definition) is 2. The van der Waals surface area contributed by atoms with Gasteiger partial charge in [0, 0.05) is 41.8 Å². The van der Waals surface area contributed by atoms with Crippen LogP contribution >= 0.6 is 11.8 Å². The summed E-state index contributed by atoms with van der Waals surface area (Å²) in [6.45, 7) is 10.0. The van der Waals surface area contributed by atoms with Gasteiger partial charge in [-0.1, -0.05) is 56.7 Å². The Morgan fingerprint density at radius 3 is 2.48 bits per heavy atom. The van der Waals surface area contributed by atoms with E-state index in [-0.39, 0.29) is 16.7 Å². The average Bonchev–Trinajstić information content (AvgIpc) is 3.23. The number of aliphatic hydroxyl groups is 2. The van der Waals surface area contributed by atoms with Gasteiger partial charge in [0.05, 0.1) is 30.5 Å². The minimum Gasteiger partial charge on any atom is -0.388 e. The van der Waals surface area contributed by atoms with Crippen molar-refractivity contribution < 1.29 is 19.7 Å². The predicted octanol–water partition coefficient (Wildman–Crippen LogP) is 7.44. The van der Waals surface area contributed by atoms with Gasteiger partial charge in [0.15, 0.2) is 5.79 Å². The third-order valence-electron chi connectivity index (χ3n) is 11.6. The van der Waals surface area contributed by atoms with Crippen LogP contribution in [0.2, 0.25) is 0 Å². The molecule has 1 spiro atoms. The molecule has 3 saturated carbocycles. The van der Waals surface area contributed by atoms with Gasteiger partial charge in [0.25, 0.3) is 0 Å². The SMILES string of the molecule is CC=CSCC1(O)CCC2C3CCC4(O)CC5(CCC4=C3C(c3ccc(CCC#N)cc3)CC21C)OCC(C)(C)CO5. The molecule has 1 aromatic carbocycles. The molecule has 6 unspecified atom stereocenters. The monoisotopic (exact) mass is 591 g/mol. The topological polar surface area (TPSA) is 82.7 Å². The van der Waals surface area contributed by atoms with Crippen LogP contribution < -0.4 is 0 Å². The number of fused-ring (bicyclic) bond motifs is 4. The Kier molecular flexibility index (Phi) is 8.02. The molecule has 42 heavy (non-hydrogen) atoms. The second-order valence-corrected chi connectivity index (χ2v) is 15.9. The lowest BCUT2D eigenvalue weighted by atomic mass is 9.50. The van der Waals surface area contributed by atoms with Crippen LogP contribution in [0.4, 0.5) is 0 Å². The van der Waals surface area contributed by atoms with E-state index in [0.29, 0.717) is 37.9 Å². The Bertz CT molecular complexity index is 1270. The zero-order valence-corrected chi connectivity index (χ0v) is 26.8. The third kappa shape index (κ3) is 5.12. The van der Waals surface area contributed by atoms with Gasteiger partial charge in [0.1, 0.15) is 0 Å². The van der Waals surface area contributed by atoms with Gasteiger partial charge in [-0.05, 0) is 85.8 Å². The summed E-state index contributed by atoms with van der Waals surface area (Å²) < 4.78 is 12.8. The standard InChI is InChI=1S/C36H49NO4S/c1-5-19-42-24-35(39)16-13-29-27-12-15-34(38)21-36(40-22-32(2,3)23-41-36)17-14-30(34)31(27)28(20-33(29,35)4)26-10-8-25(9-11-26)7-6-18-37/h5,8-11,19,27-29,38-39H,6-7,12-17,20-24H2,1-4H3. The lowest BCUT2D eigenvalue weighted by molar-refractivity contribution is -0.322. The van der Waals surface area contributed by atoms with Crippen molar-refractivity contribution in [3.05, 3.63) is 58.0 Å². The Morgan fingerprint density at radius 2 is 1.79 bits per heavy atom. The van der Waals surface area contributed by atoms with E-state index in [4.69, 9.17) is 14.7 Å². The number of allylic oxidation sites excluding steroid dienone is 2. The zero-order valence-electron chi connectivity index (χ0n) is 26.0. The van der Waals surface area contributed by atoms with Gasteiger partial charge in [-0.2, -0.15) is 5.26 Å². The van der Waals surface area contributed by atoms with E-state index in [1.807, 2.05) is 6.92 Å². The molecule has 0 amide bonds. The summed E-state index contributed by atoms with van der Waals surface area (Å²) in [6.07, 6.45) is 9.85. The molecule has 1 heterocycles. The molecule has 1 aliphatic heterocycles. The Labute approximate surface area is 256 Å². The molecule has 5 aliphatic rings. The van der Waals surface area contributed by atoms with Crippen LogP contribution in [-0.4, -0.2) is 46.2 Å². The van der Waals surface area contributed by atoms with Crippen LogP contribution in [0, 0.1) is 34.0 Å². The van der Waals surface area contributed by atoms with Gasteiger partial charge < -0.3 is 19.7 Å². The maximum atomic E-state index is 12.4. The van der Waals surface area contributed by atoms with E-state index in [1.165, 1.54) is 22.3 Å². The highest BCUT2D eigenvalue weighted by Crippen LogP contribution is 2.68. The third-order valence-corrected chi connectivity index (χ3v) is 12.8. The summed E-state index contributed by atoms with van der Waals surface area (Å²) in [5, 5.41) is 35.9. The number of benzene rings is 1. The molecular weight excluding hydrogens is 542 g/mol. The molecule has 6 atom stereocenters. The molecule has 228 valence electrons. The predicted molar refractivity (Wildman–Crippen MR) is 168 cm³/mol. The maximum absolute atomic E-state index is 12.4. The molecule has 6 heteroatoms. The van der Waals surface area contributed by atoms with Crippen LogP contribution in [0.15, 0.2) is 46.9 Å². The van der Waals surface area contributed by atoms with E-state index >= 15 is 0 Å². The number of ether oxygens (including phenoxy) is 2. The summed E-state index contributed by atoms with van der Waals surface area (Å²) >= 11 is 1.73. The highest BCUT2D eigenvalue weighted by Gasteiger charge is 2.64. The quantitative estimate of drug-likeness (QED) is 0.335. The smallest absolute Gasteiger partial charge is 0.171 e. The van der Waals surface area contributed by atoms with Crippen molar-refractivity contribution >= 4 is 11.8 Å². The van der Waals surface area contributed by atoms with Crippen molar-refractivity contribution in [1.29, 1.82) is 5.26 Å². The number of nitrogens with zero attached hydrogens (tertiary/aromatic N) is 1. The van der Waals surface area contributed by atoms with Crippen molar-refractivity contribution in [3.8, 4) is 6.07 Å². The number of thioether (sulfide) groups is 1. The normalized spacial score (nSPS) is 38.6. The molecule has 4 fully saturated rings. The maximum Gasteiger partial charge on any atom is 0.171 e. The summed E-state index contributed by atoms with van der Waals surface area (Å²) in [7, 11) is 0. The molecule has 2 N–H and O–H groups in total. The van der Waals surface area contributed by atoms with E-state index < -0.39 is 17.0 Å². The molecule has 6 rings (SSSR count). The van der Waals surface area contributed by atoms with Crippen LogP contribution in [0.1, 0.15) is 103 Å². The van der Waals surface area contributed by atoms with E-state index in [1.54, 1.807) is 11.8 Å². The molecule has 4 aliphatic carbocycles. The van der Waals surface area contributed by atoms with E-state index in [9.17, 15) is 10.2 Å². The minimum atomic E-state index is -0.916. The minimum absolute atomic E-state index is 0.00688. The van der Waals surface area contributed by atoms with Crippen LogP contribution in [0.25, 0.3) is 0 Å². The Balaban J connectivity index is 1.39. The number of nitriles is 1. The number of hydrogen-bond acceptors (Lipinski definition) is 6. The first-order valence-electron chi connectivity index (χ1n) is 16.1. The average molecular weight is 592 g/mol. The van der Waals surface area contributed by atoms with Gasteiger partial charge in [-0.3, -0.25) is 0 Å². The highest BCUT2D eigenvalue weighted by atomic mass is 32.2. The van der Waals surface area contributed by atoms with E-state index in [0.717, 1.165) is 57.1 Å². The van der Waals surface area contributed by atoms with Crippen molar-refractivity contribution in [1.82, 2.24) is 0 Å². The summed E-state index contributed by atoms with van der Waals surface area (Å²) in [6, 6.07) is 11.1. The summed E-state index contributed by atoms with van der Waals surface area (Å²) in [5.74, 6) is 0.954. The fraction of sp³-hybridized carbons (Fsp3) is 0.694. The largest absolute Gasteiger partial charge is 0.388 e. The zero-order chi connectivity index (χ0) is 29.8. The van der Waals surface area contributed by atoms with Crippen LogP contribution in [0.3, 0.4) is 0 Å². The van der Waals surface area contributed by atoms with Crippen molar-refractivity contribution in [2.45, 2.75) is 115 Å². The fourth-order valence-electron chi connectivity index (χ4n) is 9.28. The fourth-order valence-corrected chi connectivity index (χ4v) is 10.3. The second kappa shape index (κ2) is 11.1. The van der Waals surface area contributed by atoms with Crippen LogP contribution in [0.5, 0.6) is 0 Å². The molecule has 5 nitrogen and oxygen atoms in total. The first-order chi connectivity index (χ1) is 20.0. The van der Waals surface area contributed by atoms with Gasteiger partial charge in [-0.25, -0.2) is 0 Å². The Morgan fingerprint density at radius 1 is 1.05 bits per heavy atom. The lowest BCUT2D eigenvalue weighted by Crippen LogP contribution is -2.58. The van der Waals surface area contributed by atoms with Crippen LogP contribution in [-0.2, 0) is 15.9 Å². The van der Waals surface area contributed by atoms with Gasteiger partial charge in [-0.15, -0.1) is 11.8 Å². The van der Waals surface area contributed by atoms with Crippen molar-refractivity contribution in [3.63, 3.8) is 0 Å². The number of rotatable bonds is 6. The van der Waals surface area contributed by atoms with E-state index in [2.05, 4.69) is 62.6 Å². The first-order valence-corrected chi connectivity index (χ1v) is 17.2. The molecular formula is C36H49NO4S. The summed E-state index contributed by atoms with van der Waals surface area (Å²) in [5.41, 5.74) is 3.30. The first kappa shape index (κ1) is 30.4. The van der Waals surface area contributed by atoms with Crippen molar-refractivity contribution in [2.24, 2.45) is 22.7 Å². The molecule has 0 aromatic heterocycles. The number of aryl methyl sites for hydroxylation is 1. The highest BCUT2D eigenvalue weighted by molar-refractivity contribution is 8.02. The molecule has 0 bridgehead atoms.